The largest absolute Gasteiger partial charge is 0.309 e. The third-order valence-electron chi connectivity index (χ3n) is 12.3. The van der Waals surface area contributed by atoms with Crippen molar-refractivity contribution in [3.05, 3.63) is 218 Å². The van der Waals surface area contributed by atoms with Gasteiger partial charge in [-0.15, -0.1) is 0 Å². The van der Waals surface area contributed by atoms with Gasteiger partial charge in [0.25, 0.3) is 0 Å². The lowest BCUT2D eigenvalue weighted by Gasteiger charge is -2.34. The van der Waals surface area contributed by atoms with E-state index in [0.717, 1.165) is 5.69 Å². The molecular formula is C54H36N2SSi. The van der Waals surface area contributed by atoms with E-state index in [0.29, 0.717) is 0 Å². The van der Waals surface area contributed by atoms with Crippen LogP contribution in [0, 0.1) is 0 Å². The predicted molar refractivity (Wildman–Crippen MR) is 248 cm³/mol. The van der Waals surface area contributed by atoms with E-state index < -0.39 is 8.07 Å². The Morgan fingerprint density at radius 1 is 0.362 bits per heavy atom. The van der Waals surface area contributed by atoms with Gasteiger partial charge in [-0.05, 0) is 74.3 Å². The Balaban J connectivity index is 1.04. The van der Waals surface area contributed by atoms with E-state index in [-0.39, 0.29) is 0 Å². The van der Waals surface area contributed by atoms with Crippen molar-refractivity contribution in [3.63, 3.8) is 0 Å². The third kappa shape index (κ3) is 4.79. The van der Waals surface area contributed by atoms with Crippen molar-refractivity contribution in [1.82, 2.24) is 9.13 Å². The van der Waals surface area contributed by atoms with Crippen molar-refractivity contribution in [3.8, 4) is 22.5 Å². The average molecular weight is 773 g/mol. The van der Waals surface area contributed by atoms with E-state index in [4.69, 9.17) is 0 Å². The summed E-state index contributed by atoms with van der Waals surface area (Å²) in [5, 5.41) is 10.6. The molecule has 2 aromatic heterocycles. The second-order valence-electron chi connectivity index (χ2n) is 15.2. The van der Waals surface area contributed by atoms with E-state index in [1.807, 2.05) is 11.8 Å². The Labute approximate surface area is 342 Å². The van der Waals surface area contributed by atoms with Crippen LogP contribution in [0.5, 0.6) is 0 Å². The maximum Gasteiger partial charge on any atom is 0.179 e. The van der Waals surface area contributed by atoms with Crippen LogP contribution in [0.25, 0.3) is 66.1 Å². The minimum atomic E-state index is -2.69. The maximum atomic E-state index is 2.51. The molecule has 0 atom stereocenters. The molecule has 11 aromatic rings. The smallest absolute Gasteiger partial charge is 0.179 e. The predicted octanol–water partition coefficient (Wildman–Crippen LogP) is 11.4. The highest BCUT2D eigenvalue weighted by molar-refractivity contribution is 8.00. The molecule has 0 unspecified atom stereocenters. The lowest BCUT2D eigenvalue weighted by molar-refractivity contribution is 1.09. The normalized spacial score (nSPS) is 12.4. The first-order valence-corrected chi connectivity index (χ1v) is 22.8. The summed E-state index contributed by atoms with van der Waals surface area (Å²) in [6, 6.07) is 81.3. The van der Waals surface area contributed by atoms with E-state index >= 15 is 0 Å². The molecule has 0 fully saturated rings. The Morgan fingerprint density at radius 3 is 1.55 bits per heavy atom. The first-order valence-electron chi connectivity index (χ1n) is 19.9. The molecule has 272 valence electrons. The molecule has 1 aliphatic heterocycles. The molecule has 0 bridgehead atoms. The number of aromatic nitrogens is 2. The van der Waals surface area contributed by atoms with Gasteiger partial charge >= 0.3 is 0 Å². The van der Waals surface area contributed by atoms with Crippen LogP contribution in [0.15, 0.2) is 228 Å². The number of nitrogens with zero attached hydrogens (tertiary/aromatic N) is 2. The first-order chi connectivity index (χ1) is 28.8. The number of hydrogen-bond donors (Lipinski definition) is 0. The Morgan fingerprint density at radius 2 is 0.897 bits per heavy atom. The fourth-order valence-corrected chi connectivity index (χ4v) is 15.8. The highest BCUT2D eigenvalue weighted by Crippen LogP contribution is 2.50. The second kappa shape index (κ2) is 13.1. The minimum Gasteiger partial charge on any atom is -0.309 e. The number of hydrogen-bond acceptors (Lipinski definition) is 1. The molecule has 58 heavy (non-hydrogen) atoms. The summed E-state index contributed by atoms with van der Waals surface area (Å²) in [6.07, 6.45) is 0. The zero-order valence-corrected chi connectivity index (χ0v) is 33.4. The molecule has 0 amide bonds. The molecule has 12 rings (SSSR count). The zero-order valence-electron chi connectivity index (χ0n) is 31.6. The standard InChI is InChI=1S/C54H36N2SSi/c1-4-16-39(17-5-1)58(40-18-6-2-7-19-40,41-20-8-3-9-21-41)42-32-35-50-47(36-42)45-23-11-12-24-48(45)55(50)38-30-28-37(29-31-38)43-33-34-46-44-22-10-13-25-49(44)56-51-26-14-15-27-52(51)57-54(43)53(46)56/h1-36H. The fraction of sp³-hybridized carbons (Fsp3) is 0. The second-order valence-corrected chi connectivity index (χ2v) is 20.1. The molecule has 2 nitrogen and oxygen atoms in total. The third-order valence-corrected chi connectivity index (χ3v) is 18.2. The van der Waals surface area contributed by atoms with E-state index in [2.05, 4.69) is 228 Å². The summed E-state index contributed by atoms with van der Waals surface area (Å²) in [6.45, 7) is 0. The van der Waals surface area contributed by atoms with Gasteiger partial charge in [0.2, 0.25) is 0 Å². The molecule has 0 aliphatic carbocycles. The summed E-state index contributed by atoms with van der Waals surface area (Å²) in [5.74, 6) is 0. The number of rotatable bonds is 6. The topological polar surface area (TPSA) is 9.86 Å². The molecule has 9 aromatic carbocycles. The summed E-state index contributed by atoms with van der Waals surface area (Å²) < 4.78 is 4.92. The average Bonchev–Trinajstić information content (AvgIpc) is 3.82. The quantitative estimate of drug-likeness (QED) is 0.121. The monoisotopic (exact) mass is 772 g/mol. The van der Waals surface area contributed by atoms with Gasteiger partial charge in [0, 0.05) is 37.0 Å². The Bertz CT molecular complexity index is 3250. The van der Waals surface area contributed by atoms with Crippen molar-refractivity contribution in [2.75, 3.05) is 0 Å². The van der Waals surface area contributed by atoms with Crippen LogP contribution in [-0.4, -0.2) is 17.2 Å². The van der Waals surface area contributed by atoms with Gasteiger partial charge in [-0.25, -0.2) is 0 Å². The SMILES string of the molecule is c1ccc([Si](c2ccccc2)(c2ccccc2)c2ccc3c(c2)c2ccccc2n3-c2ccc(-c3ccc4c5ccccc5n5c4c3Sc3ccccc3-5)cc2)cc1. The zero-order chi connectivity index (χ0) is 38.2. The maximum absolute atomic E-state index is 2.69. The molecular weight excluding hydrogens is 737 g/mol. The van der Waals surface area contributed by atoms with Gasteiger partial charge in [-0.3, -0.25) is 0 Å². The van der Waals surface area contributed by atoms with E-state index in [1.54, 1.807) is 0 Å². The molecule has 3 heterocycles. The first kappa shape index (κ1) is 33.3. The molecule has 0 N–H and O–H groups in total. The minimum absolute atomic E-state index is 1.15. The van der Waals surface area contributed by atoms with Gasteiger partial charge in [-0.1, -0.05) is 188 Å². The number of para-hydroxylation sites is 3. The van der Waals surface area contributed by atoms with Crippen LogP contribution < -0.4 is 20.7 Å². The highest BCUT2D eigenvalue weighted by Gasteiger charge is 2.41. The molecule has 0 saturated heterocycles. The van der Waals surface area contributed by atoms with Crippen molar-refractivity contribution < 1.29 is 0 Å². The molecule has 0 spiro atoms. The van der Waals surface area contributed by atoms with Gasteiger partial charge in [-0.2, -0.15) is 0 Å². The van der Waals surface area contributed by atoms with Crippen molar-refractivity contribution in [1.29, 1.82) is 0 Å². The van der Waals surface area contributed by atoms with Crippen LogP contribution in [0.4, 0.5) is 0 Å². The van der Waals surface area contributed by atoms with E-state index in [9.17, 15) is 0 Å². The highest BCUT2D eigenvalue weighted by atomic mass is 32.2. The summed E-state index contributed by atoms with van der Waals surface area (Å²) >= 11 is 1.89. The molecule has 1 aliphatic rings. The molecule has 0 radical (unpaired) electrons. The van der Waals surface area contributed by atoms with Gasteiger partial charge in [0.1, 0.15) is 0 Å². The number of fused-ring (bicyclic) bond motifs is 8. The van der Waals surface area contributed by atoms with Crippen LogP contribution in [0.2, 0.25) is 0 Å². The van der Waals surface area contributed by atoms with Gasteiger partial charge in [0.15, 0.2) is 8.07 Å². The summed E-state index contributed by atoms with van der Waals surface area (Å²) in [7, 11) is -2.69. The van der Waals surface area contributed by atoms with Crippen LogP contribution in [0.1, 0.15) is 0 Å². The van der Waals surface area contributed by atoms with Crippen molar-refractivity contribution in [2.24, 2.45) is 0 Å². The molecule has 0 saturated carbocycles. The Hall–Kier alpha value is -6.85. The lowest BCUT2D eigenvalue weighted by atomic mass is 10.0. The Kier molecular flexibility index (Phi) is 7.52. The van der Waals surface area contributed by atoms with E-state index in [1.165, 1.54) is 91.0 Å². The van der Waals surface area contributed by atoms with Crippen LogP contribution in [0.3, 0.4) is 0 Å². The van der Waals surface area contributed by atoms with Crippen molar-refractivity contribution in [2.45, 2.75) is 9.79 Å². The lowest BCUT2D eigenvalue weighted by Crippen LogP contribution is -2.74. The van der Waals surface area contributed by atoms with Crippen molar-refractivity contribution >= 4 is 84.2 Å². The van der Waals surface area contributed by atoms with Gasteiger partial charge in [0.05, 0.1) is 27.8 Å². The summed E-state index contributed by atoms with van der Waals surface area (Å²) in [4.78, 5) is 2.60. The fourth-order valence-electron chi connectivity index (χ4n) is 9.79. The van der Waals surface area contributed by atoms with Gasteiger partial charge < -0.3 is 9.13 Å². The summed E-state index contributed by atoms with van der Waals surface area (Å²) in [5.41, 5.74) is 9.86. The molecule has 4 heteroatoms. The van der Waals surface area contributed by atoms with Crippen LogP contribution >= 0.6 is 11.8 Å². The van der Waals surface area contributed by atoms with Crippen LogP contribution in [-0.2, 0) is 0 Å². The number of benzene rings is 9.